The van der Waals surface area contributed by atoms with E-state index in [0.29, 0.717) is 23.5 Å². The smallest absolute Gasteiger partial charge is 0.236 e. The highest BCUT2D eigenvalue weighted by atomic mass is 32.2. The first-order valence-electron chi connectivity index (χ1n) is 7.43. The molecule has 1 aromatic heterocycles. The lowest BCUT2D eigenvalue weighted by atomic mass is 10.1. The van der Waals surface area contributed by atoms with Gasteiger partial charge in [-0.05, 0) is 26.7 Å². The van der Waals surface area contributed by atoms with Gasteiger partial charge in [0.2, 0.25) is 17.6 Å². The van der Waals surface area contributed by atoms with Gasteiger partial charge in [0.25, 0.3) is 0 Å². The molecule has 1 fully saturated rings. The fourth-order valence-electron chi connectivity index (χ4n) is 1.95. The minimum Gasteiger partial charge on any atom is -0.352 e. The number of thioether (sulfide) groups is 1. The Balaban J connectivity index is 1.55. The lowest BCUT2D eigenvalue weighted by Crippen LogP contribution is -2.32. The summed E-state index contributed by atoms with van der Waals surface area (Å²) in [7, 11) is 0. The van der Waals surface area contributed by atoms with Crippen molar-refractivity contribution in [2.45, 2.75) is 43.7 Å². The molecule has 0 radical (unpaired) electrons. The molecule has 5 nitrogen and oxygen atoms in total. The first kappa shape index (κ1) is 15.1. The van der Waals surface area contributed by atoms with Crippen LogP contribution >= 0.6 is 11.8 Å². The summed E-state index contributed by atoms with van der Waals surface area (Å²) in [5.41, 5.74) is 2.13. The average Bonchev–Trinajstić information content (AvgIpc) is 3.20. The summed E-state index contributed by atoms with van der Waals surface area (Å²) in [4.78, 5) is 16.3. The second-order valence-corrected chi connectivity index (χ2v) is 6.94. The third-order valence-corrected chi connectivity index (χ3v) is 4.66. The van der Waals surface area contributed by atoms with Gasteiger partial charge in [-0.2, -0.15) is 4.98 Å². The SMILES string of the molecule is Cc1ccc(-c2noc(CSC(C)C(=O)NC3CC3)n2)cc1. The van der Waals surface area contributed by atoms with Gasteiger partial charge in [-0.15, -0.1) is 11.8 Å². The fourth-order valence-corrected chi connectivity index (χ4v) is 2.68. The lowest BCUT2D eigenvalue weighted by Gasteiger charge is -2.09. The Kier molecular flexibility index (Phi) is 4.47. The van der Waals surface area contributed by atoms with E-state index in [1.807, 2.05) is 38.1 Å². The zero-order valence-electron chi connectivity index (χ0n) is 12.7. The molecule has 0 aliphatic heterocycles. The molecule has 1 N–H and O–H groups in total. The summed E-state index contributed by atoms with van der Waals surface area (Å²) in [6, 6.07) is 8.38. The Bertz CT molecular complexity index is 650. The predicted molar refractivity (Wildman–Crippen MR) is 86.4 cm³/mol. The highest BCUT2D eigenvalue weighted by Gasteiger charge is 2.26. The summed E-state index contributed by atoms with van der Waals surface area (Å²) in [5.74, 6) is 1.76. The maximum absolute atomic E-state index is 11.9. The predicted octanol–water partition coefficient (Wildman–Crippen LogP) is 2.95. The molecule has 1 atom stereocenters. The molecule has 0 bridgehead atoms. The van der Waals surface area contributed by atoms with Crippen LogP contribution in [0.4, 0.5) is 0 Å². The molecular formula is C16H19N3O2S. The zero-order valence-corrected chi connectivity index (χ0v) is 13.5. The fraction of sp³-hybridized carbons (Fsp3) is 0.438. The van der Waals surface area contributed by atoms with Crippen LogP contribution in [-0.4, -0.2) is 27.3 Å². The number of nitrogens with one attached hydrogen (secondary N) is 1. The Labute approximate surface area is 133 Å². The number of carbonyl (C=O) groups is 1. The Morgan fingerprint density at radius 3 is 2.82 bits per heavy atom. The van der Waals surface area contributed by atoms with Crippen molar-refractivity contribution >= 4 is 17.7 Å². The molecule has 1 aliphatic carbocycles. The summed E-state index contributed by atoms with van der Waals surface area (Å²) in [5, 5.41) is 6.88. The van der Waals surface area contributed by atoms with Crippen molar-refractivity contribution in [3.05, 3.63) is 35.7 Å². The molecule has 1 aliphatic rings. The van der Waals surface area contributed by atoms with Gasteiger partial charge in [0, 0.05) is 11.6 Å². The molecular weight excluding hydrogens is 298 g/mol. The standard InChI is InChI=1S/C16H19N3O2S/c1-10-3-5-12(6-4-10)15-18-14(21-19-15)9-22-11(2)16(20)17-13-7-8-13/h3-6,11,13H,7-9H2,1-2H3,(H,17,20). The van der Waals surface area contributed by atoms with Crippen LogP contribution in [-0.2, 0) is 10.5 Å². The van der Waals surface area contributed by atoms with E-state index in [4.69, 9.17) is 4.52 Å². The zero-order chi connectivity index (χ0) is 15.5. The third kappa shape index (κ3) is 3.88. The molecule has 1 unspecified atom stereocenters. The first-order valence-corrected chi connectivity index (χ1v) is 8.48. The quantitative estimate of drug-likeness (QED) is 0.887. The molecule has 1 heterocycles. The van der Waals surface area contributed by atoms with Crippen LogP contribution in [0.3, 0.4) is 0 Å². The molecule has 3 rings (SSSR count). The van der Waals surface area contributed by atoms with Crippen molar-refractivity contribution in [2.75, 3.05) is 0 Å². The number of aromatic nitrogens is 2. The van der Waals surface area contributed by atoms with E-state index < -0.39 is 0 Å². The number of hydrogen-bond donors (Lipinski definition) is 1. The highest BCUT2D eigenvalue weighted by molar-refractivity contribution is 7.99. The van der Waals surface area contributed by atoms with Crippen molar-refractivity contribution in [3.63, 3.8) is 0 Å². The average molecular weight is 317 g/mol. The monoisotopic (exact) mass is 317 g/mol. The van der Waals surface area contributed by atoms with Crippen LogP contribution in [0, 0.1) is 6.92 Å². The number of carbonyl (C=O) groups excluding carboxylic acids is 1. The van der Waals surface area contributed by atoms with Gasteiger partial charge in [0.15, 0.2) is 0 Å². The number of amides is 1. The molecule has 0 saturated heterocycles. The van der Waals surface area contributed by atoms with E-state index in [1.54, 1.807) is 0 Å². The van der Waals surface area contributed by atoms with Crippen molar-refractivity contribution in [1.29, 1.82) is 0 Å². The van der Waals surface area contributed by atoms with Crippen molar-refractivity contribution in [2.24, 2.45) is 0 Å². The highest BCUT2D eigenvalue weighted by Crippen LogP contribution is 2.23. The first-order chi connectivity index (χ1) is 10.6. The molecule has 22 heavy (non-hydrogen) atoms. The van der Waals surface area contributed by atoms with Crippen molar-refractivity contribution < 1.29 is 9.32 Å². The van der Waals surface area contributed by atoms with E-state index in [0.717, 1.165) is 18.4 Å². The van der Waals surface area contributed by atoms with Crippen LogP contribution in [0.5, 0.6) is 0 Å². The van der Waals surface area contributed by atoms with Crippen LogP contribution in [0.15, 0.2) is 28.8 Å². The number of aryl methyl sites for hydroxylation is 1. The van der Waals surface area contributed by atoms with Gasteiger partial charge >= 0.3 is 0 Å². The lowest BCUT2D eigenvalue weighted by molar-refractivity contribution is -0.120. The molecule has 1 saturated carbocycles. The minimum absolute atomic E-state index is 0.0887. The van der Waals surface area contributed by atoms with E-state index in [2.05, 4.69) is 15.5 Å². The normalized spacial score (nSPS) is 15.5. The van der Waals surface area contributed by atoms with Gasteiger partial charge in [-0.1, -0.05) is 35.0 Å². The van der Waals surface area contributed by atoms with Crippen LogP contribution < -0.4 is 5.32 Å². The number of benzene rings is 1. The van der Waals surface area contributed by atoms with Gasteiger partial charge < -0.3 is 9.84 Å². The topological polar surface area (TPSA) is 68.0 Å². The van der Waals surface area contributed by atoms with Crippen LogP contribution in [0.25, 0.3) is 11.4 Å². The van der Waals surface area contributed by atoms with Gasteiger partial charge in [-0.25, -0.2) is 0 Å². The Morgan fingerprint density at radius 2 is 2.14 bits per heavy atom. The largest absolute Gasteiger partial charge is 0.352 e. The summed E-state index contributed by atoms with van der Waals surface area (Å²) >= 11 is 1.51. The van der Waals surface area contributed by atoms with Crippen molar-refractivity contribution in [3.8, 4) is 11.4 Å². The molecule has 6 heteroatoms. The maximum atomic E-state index is 11.9. The molecule has 1 aromatic carbocycles. The number of rotatable bonds is 6. The summed E-state index contributed by atoms with van der Waals surface area (Å²) in [6.07, 6.45) is 2.21. The summed E-state index contributed by atoms with van der Waals surface area (Å²) < 4.78 is 5.26. The molecule has 1 amide bonds. The number of hydrogen-bond acceptors (Lipinski definition) is 5. The Morgan fingerprint density at radius 1 is 1.41 bits per heavy atom. The third-order valence-electron chi connectivity index (χ3n) is 3.53. The van der Waals surface area contributed by atoms with Gasteiger partial charge in [-0.3, -0.25) is 4.79 Å². The molecule has 116 valence electrons. The maximum Gasteiger partial charge on any atom is 0.236 e. The second-order valence-electron chi connectivity index (χ2n) is 5.61. The van der Waals surface area contributed by atoms with Crippen molar-refractivity contribution in [1.82, 2.24) is 15.5 Å². The Hall–Kier alpha value is -1.82. The van der Waals surface area contributed by atoms with E-state index in [-0.39, 0.29) is 11.2 Å². The molecule has 0 spiro atoms. The minimum atomic E-state index is -0.115. The second kappa shape index (κ2) is 6.52. The summed E-state index contributed by atoms with van der Waals surface area (Å²) in [6.45, 7) is 3.94. The van der Waals surface area contributed by atoms with E-state index >= 15 is 0 Å². The van der Waals surface area contributed by atoms with Crippen LogP contribution in [0.2, 0.25) is 0 Å². The van der Waals surface area contributed by atoms with Crippen LogP contribution in [0.1, 0.15) is 31.2 Å². The van der Waals surface area contributed by atoms with E-state index in [9.17, 15) is 4.79 Å². The molecule has 2 aromatic rings. The van der Waals surface area contributed by atoms with Gasteiger partial charge in [0.05, 0.1) is 11.0 Å². The van der Waals surface area contributed by atoms with Gasteiger partial charge in [0.1, 0.15) is 0 Å². The van der Waals surface area contributed by atoms with E-state index in [1.165, 1.54) is 17.3 Å². The number of nitrogens with zero attached hydrogens (tertiary/aromatic N) is 2.